The molecular formula is C14H22N2O2S2. The van der Waals surface area contributed by atoms with Crippen molar-refractivity contribution in [3.63, 3.8) is 0 Å². The number of carbonyl (C=O) groups excluding carboxylic acids is 1. The SMILES string of the molecule is CCC(=O)c1sc(NCC2CCOC2C)c(SC)c1N. The van der Waals surface area contributed by atoms with Crippen LogP contribution in [0.2, 0.25) is 0 Å². The number of ether oxygens (including phenoxy) is 1. The molecule has 0 aliphatic carbocycles. The van der Waals surface area contributed by atoms with E-state index in [0.29, 0.717) is 29.0 Å². The molecule has 2 atom stereocenters. The quantitative estimate of drug-likeness (QED) is 0.621. The zero-order valence-corrected chi connectivity index (χ0v) is 13.8. The van der Waals surface area contributed by atoms with E-state index < -0.39 is 0 Å². The Morgan fingerprint density at radius 2 is 2.35 bits per heavy atom. The minimum absolute atomic E-state index is 0.119. The van der Waals surface area contributed by atoms with Crippen molar-refractivity contribution < 1.29 is 9.53 Å². The molecule has 0 spiro atoms. The summed E-state index contributed by atoms with van der Waals surface area (Å²) in [6.07, 6.45) is 3.87. The molecule has 0 amide bonds. The Kier molecular flexibility index (Phi) is 5.35. The van der Waals surface area contributed by atoms with Crippen LogP contribution in [0, 0.1) is 5.92 Å². The number of hydrogen-bond acceptors (Lipinski definition) is 6. The summed E-state index contributed by atoms with van der Waals surface area (Å²) in [6, 6.07) is 0. The lowest BCUT2D eigenvalue weighted by Crippen LogP contribution is -2.20. The maximum absolute atomic E-state index is 11.9. The summed E-state index contributed by atoms with van der Waals surface area (Å²) < 4.78 is 5.57. The van der Waals surface area contributed by atoms with E-state index in [4.69, 9.17) is 10.5 Å². The summed E-state index contributed by atoms with van der Waals surface area (Å²) in [5.74, 6) is 0.645. The van der Waals surface area contributed by atoms with Gasteiger partial charge in [0.25, 0.3) is 0 Å². The van der Waals surface area contributed by atoms with Crippen molar-refractivity contribution in [2.45, 2.75) is 37.7 Å². The highest BCUT2D eigenvalue weighted by atomic mass is 32.2. The van der Waals surface area contributed by atoms with Crippen LogP contribution < -0.4 is 11.1 Å². The molecule has 0 aromatic carbocycles. The maximum atomic E-state index is 11.9. The molecule has 4 nitrogen and oxygen atoms in total. The molecule has 2 unspecified atom stereocenters. The molecule has 1 aromatic rings. The van der Waals surface area contributed by atoms with Gasteiger partial charge in [0.05, 0.1) is 21.6 Å². The van der Waals surface area contributed by atoms with Crippen LogP contribution in [0.15, 0.2) is 4.90 Å². The number of nitrogen functional groups attached to an aromatic ring is 1. The Hall–Kier alpha value is -0.720. The topological polar surface area (TPSA) is 64.3 Å². The fourth-order valence-electron chi connectivity index (χ4n) is 2.38. The van der Waals surface area contributed by atoms with Gasteiger partial charge < -0.3 is 15.8 Å². The Bertz CT molecular complexity index is 488. The number of nitrogens with two attached hydrogens (primary N) is 1. The molecule has 1 aliphatic heterocycles. The van der Waals surface area contributed by atoms with Gasteiger partial charge >= 0.3 is 0 Å². The smallest absolute Gasteiger partial charge is 0.174 e. The monoisotopic (exact) mass is 314 g/mol. The second-order valence-corrected chi connectivity index (χ2v) is 6.83. The van der Waals surface area contributed by atoms with Gasteiger partial charge in [-0.2, -0.15) is 0 Å². The number of Topliss-reactive ketones (excluding diaryl/α,β-unsaturated/α-hetero) is 1. The van der Waals surface area contributed by atoms with Crippen molar-refractivity contribution in [1.82, 2.24) is 0 Å². The number of hydrogen-bond donors (Lipinski definition) is 2. The fourth-order valence-corrected chi connectivity index (χ4v) is 4.44. The molecule has 1 saturated heterocycles. The molecule has 0 saturated carbocycles. The second-order valence-electron chi connectivity index (χ2n) is 4.99. The van der Waals surface area contributed by atoms with Crippen LogP contribution in [0.1, 0.15) is 36.4 Å². The molecule has 6 heteroatoms. The first-order valence-electron chi connectivity index (χ1n) is 6.93. The molecule has 3 N–H and O–H groups in total. The number of thiophene rings is 1. The van der Waals surface area contributed by atoms with Gasteiger partial charge in [-0.1, -0.05) is 6.92 Å². The predicted molar refractivity (Wildman–Crippen MR) is 87.1 cm³/mol. The first-order valence-corrected chi connectivity index (χ1v) is 8.97. The van der Waals surface area contributed by atoms with Crippen molar-refractivity contribution >= 4 is 39.6 Å². The summed E-state index contributed by atoms with van der Waals surface area (Å²) in [6.45, 7) is 5.69. The van der Waals surface area contributed by atoms with E-state index in [1.165, 1.54) is 11.3 Å². The zero-order chi connectivity index (χ0) is 14.7. The van der Waals surface area contributed by atoms with E-state index in [9.17, 15) is 4.79 Å². The number of thioether (sulfide) groups is 1. The maximum Gasteiger partial charge on any atom is 0.174 e. The number of nitrogens with one attached hydrogen (secondary N) is 1. The average molecular weight is 314 g/mol. The van der Waals surface area contributed by atoms with Gasteiger partial charge in [-0.05, 0) is 19.6 Å². The fraction of sp³-hybridized carbons (Fsp3) is 0.643. The molecule has 1 aromatic heterocycles. The second kappa shape index (κ2) is 6.83. The highest BCUT2D eigenvalue weighted by Gasteiger charge is 2.25. The average Bonchev–Trinajstić information content (AvgIpc) is 2.99. The molecule has 20 heavy (non-hydrogen) atoms. The summed E-state index contributed by atoms with van der Waals surface area (Å²) in [4.78, 5) is 13.6. The van der Waals surface area contributed by atoms with Crippen LogP contribution in [-0.4, -0.2) is 31.3 Å². The van der Waals surface area contributed by atoms with Crippen LogP contribution in [0.5, 0.6) is 0 Å². The Morgan fingerprint density at radius 3 is 2.90 bits per heavy atom. The molecule has 0 radical (unpaired) electrons. The van der Waals surface area contributed by atoms with Crippen molar-refractivity contribution in [3.05, 3.63) is 4.88 Å². The normalized spacial score (nSPS) is 22.1. The standard InChI is InChI=1S/C14H22N2O2S2/c1-4-10(17)12-11(15)13(19-3)14(20-12)16-7-9-5-6-18-8(9)2/h8-9,16H,4-7,15H2,1-3H3. The number of rotatable bonds is 6. The highest BCUT2D eigenvalue weighted by molar-refractivity contribution is 7.99. The minimum Gasteiger partial charge on any atom is -0.396 e. The zero-order valence-electron chi connectivity index (χ0n) is 12.2. The molecule has 112 valence electrons. The van der Waals surface area contributed by atoms with E-state index in [-0.39, 0.29) is 5.78 Å². The summed E-state index contributed by atoms with van der Waals surface area (Å²) in [5.41, 5.74) is 6.74. The molecule has 0 bridgehead atoms. The van der Waals surface area contributed by atoms with Crippen LogP contribution in [0.4, 0.5) is 10.7 Å². The Morgan fingerprint density at radius 1 is 1.60 bits per heavy atom. The lowest BCUT2D eigenvalue weighted by Gasteiger charge is -2.15. The van der Waals surface area contributed by atoms with Gasteiger partial charge in [0, 0.05) is 25.5 Å². The van der Waals surface area contributed by atoms with Crippen LogP contribution in [0.25, 0.3) is 0 Å². The highest BCUT2D eigenvalue weighted by Crippen LogP contribution is 2.42. The third-order valence-corrected chi connectivity index (χ3v) is 5.90. The van der Waals surface area contributed by atoms with E-state index in [1.54, 1.807) is 11.8 Å². The Balaban J connectivity index is 2.12. The lowest BCUT2D eigenvalue weighted by atomic mass is 10.0. The van der Waals surface area contributed by atoms with Gasteiger partial charge in [-0.3, -0.25) is 4.79 Å². The van der Waals surface area contributed by atoms with Crippen molar-refractivity contribution in [1.29, 1.82) is 0 Å². The number of anilines is 2. The van der Waals surface area contributed by atoms with Gasteiger partial charge in [-0.25, -0.2) is 0 Å². The van der Waals surface area contributed by atoms with Crippen molar-refractivity contribution in [2.24, 2.45) is 5.92 Å². The van der Waals surface area contributed by atoms with E-state index in [2.05, 4.69) is 12.2 Å². The van der Waals surface area contributed by atoms with E-state index >= 15 is 0 Å². The molecule has 2 heterocycles. The van der Waals surface area contributed by atoms with E-state index in [1.807, 2.05) is 13.2 Å². The van der Waals surface area contributed by atoms with Gasteiger partial charge in [0.15, 0.2) is 5.78 Å². The predicted octanol–water partition coefficient (Wildman–Crippen LogP) is 3.48. The Labute approximate surface area is 128 Å². The minimum atomic E-state index is 0.119. The van der Waals surface area contributed by atoms with Gasteiger partial charge in [0.1, 0.15) is 5.00 Å². The van der Waals surface area contributed by atoms with Crippen molar-refractivity contribution in [3.8, 4) is 0 Å². The van der Waals surface area contributed by atoms with E-state index in [0.717, 1.165) is 29.5 Å². The van der Waals surface area contributed by atoms with Crippen LogP contribution in [0.3, 0.4) is 0 Å². The largest absolute Gasteiger partial charge is 0.396 e. The van der Waals surface area contributed by atoms with Gasteiger partial charge in [0.2, 0.25) is 0 Å². The summed E-state index contributed by atoms with van der Waals surface area (Å²) in [5, 5.41) is 4.48. The molecule has 1 fully saturated rings. The lowest BCUT2D eigenvalue weighted by molar-refractivity contribution is 0.0992. The molecule has 2 rings (SSSR count). The first kappa shape index (κ1) is 15.7. The number of ketones is 1. The number of carbonyl (C=O) groups is 1. The van der Waals surface area contributed by atoms with Crippen molar-refractivity contribution in [2.75, 3.05) is 30.5 Å². The third kappa shape index (κ3) is 3.13. The molecule has 1 aliphatic rings. The van der Waals surface area contributed by atoms with Crippen LogP contribution >= 0.6 is 23.1 Å². The summed E-state index contributed by atoms with van der Waals surface area (Å²) >= 11 is 3.07. The third-order valence-electron chi connectivity index (χ3n) is 3.74. The summed E-state index contributed by atoms with van der Waals surface area (Å²) in [7, 11) is 0. The van der Waals surface area contributed by atoms with Gasteiger partial charge in [-0.15, -0.1) is 23.1 Å². The molecular weight excluding hydrogens is 292 g/mol. The first-order chi connectivity index (χ1) is 9.58. The van der Waals surface area contributed by atoms with Crippen LogP contribution in [-0.2, 0) is 4.74 Å².